The molecule has 0 radical (unpaired) electrons. The van der Waals surface area contributed by atoms with Crippen molar-refractivity contribution in [3.05, 3.63) is 35.4 Å². The maximum absolute atomic E-state index is 12.0. The number of benzene rings is 1. The first-order valence-electron chi connectivity index (χ1n) is 5.79. The maximum Gasteiger partial charge on any atom is 0.115 e. The SMILES string of the molecule is C#CC.CC.CCCc1ccc(CF)cc1. The molecule has 0 aliphatic heterocycles. The van der Waals surface area contributed by atoms with E-state index in [0.29, 0.717) is 0 Å². The van der Waals surface area contributed by atoms with Crippen LogP contribution in [-0.2, 0) is 13.1 Å². The van der Waals surface area contributed by atoms with E-state index < -0.39 is 0 Å². The molecular formula is C15H23F. The Morgan fingerprint density at radius 3 is 1.81 bits per heavy atom. The number of rotatable bonds is 3. The van der Waals surface area contributed by atoms with E-state index in [-0.39, 0.29) is 6.67 Å². The minimum absolute atomic E-state index is 0.355. The Hall–Kier alpha value is -1.29. The van der Waals surface area contributed by atoms with Gasteiger partial charge in [0.2, 0.25) is 0 Å². The van der Waals surface area contributed by atoms with Gasteiger partial charge in [0.15, 0.2) is 0 Å². The monoisotopic (exact) mass is 222 g/mol. The summed E-state index contributed by atoms with van der Waals surface area (Å²) in [7, 11) is 0. The number of terminal acetylenes is 1. The second kappa shape index (κ2) is 13.7. The van der Waals surface area contributed by atoms with Crippen LogP contribution in [0.4, 0.5) is 4.39 Å². The van der Waals surface area contributed by atoms with Crippen LogP contribution in [0.2, 0.25) is 0 Å². The van der Waals surface area contributed by atoms with Crippen molar-refractivity contribution in [2.24, 2.45) is 0 Å². The van der Waals surface area contributed by atoms with Gasteiger partial charge >= 0.3 is 0 Å². The third kappa shape index (κ3) is 9.27. The van der Waals surface area contributed by atoms with Gasteiger partial charge < -0.3 is 0 Å². The lowest BCUT2D eigenvalue weighted by atomic mass is 10.1. The number of hydrogen-bond donors (Lipinski definition) is 0. The molecule has 0 spiro atoms. The minimum atomic E-state index is -0.355. The molecule has 0 amide bonds. The smallest absolute Gasteiger partial charge is 0.115 e. The molecule has 0 aliphatic carbocycles. The molecule has 1 aromatic carbocycles. The largest absolute Gasteiger partial charge is 0.246 e. The van der Waals surface area contributed by atoms with Crippen molar-refractivity contribution in [2.75, 3.05) is 0 Å². The molecule has 0 atom stereocenters. The first-order valence-corrected chi connectivity index (χ1v) is 5.79. The van der Waals surface area contributed by atoms with Gasteiger partial charge in [-0.1, -0.05) is 51.5 Å². The average Bonchev–Trinajstić information content (AvgIpc) is 2.34. The zero-order valence-electron chi connectivity index (χ0n) is 10.9. The number of alkyl halides is 1. The highest BCUT2D eigenvalue weighted by Crippen LogP contribution is 2.07. The molecular weight excluding hydrogens is 199 g/mol. The van der Waals surface area contributed by atoms with Gasteiger partial charge in [-0.05, 0) is 24.5 Å². The lowest BCUT2D eigenvalue weighted by Gasteiger charge is -1.98. The quantitative estimate of drug-likeness (QED) is 0.646. The lowest BCUT2D eigenvalue weighted by Crippen LogP contribution is -1.83. The minimum Gasteiger partial charge on any atom is -0.246 e. The van der Waals surface area contributed by atoms with E-state index in [1.165, 1.54) is 5.56 Å². The van der Waals surface area contributed by atoms with Gasteiger partial charge in [-0.2, -0.15) is 0 Å². The Morgan fingerprint density at radius 2 is 1.50 bits per heavy atom. The second-order valence-corrected chi connectivity index (χ2v) is 2.99. The van der Waals surface area contributed by atoms with Crippen LogP contribution in [-0.4, -0.2) is 0 Å². The van der Waals surface area contributed by atoms with Crippen molar-refractivity contribution in [1.29, 1.82) is 0 Å². The Kier molecular flexibility index (Phi) is 14.7. The van der Waals surface area contributed by atoms with Gasteiger partial charge in [-0.25, -0.2) is 4.39 Å². The van der Waals surface area contributed by atoms with Crippen molar-refractivity contribution < 1.29 is 4.39 Å². The van der Waals surface area contributed by atoms with E-state index in [0.717, 1.165) is 18.4 Å². The molecule has 0 N–H and O–H groups in total. The Balaban J connectivity index is 0. The van der Waals surface area contributed by atoms with Crippen LogP contribution >= 0.6 is 0 Å². The fourth-order valence-corrected chi connectivity index (χ4v) is 1.08. The van der Waals surface area contributed by atoms with Gasteiger partial charge in [0, 0.05) is 0 Å². The predicted molar refractivity (Wildman–Crippen MR) is 71.1 cm³/mol. The van der Waals surface area contributed by atoms with E-state index in [9.17, 15) is 4.39 Å². The van der Waals surface area contributed by atoms with E-state index in [4.69, 9.17) is 0 Å². The molecule has 1 rings (SSSR count). The van der Waals surface area contributed by atoms with Crippen LogP contribution in [0, 0.1) is 12.3 Å². The first kappa shape index (κ1) is 17.1. The van der Waals surface area contributed by atoms with E-state index in [1.54, 1.807) is 6.92 Å². The van der Waals surface area contributed by atoms with Gasteiger partial charge in [0.05, 0.1) is 0 Å². The molecule has 0 heterocycles. The van der Waals surface area contributed by atoms with Crippen LogP contribution in [0.25, 0.3) is 0 Å². The Bertz CT molecular complexity index is 266. The van der Waals surface area contributed by atoms with Crippen LogP contribution < -0.4 is 0 Å². The lowest BCUT2D eigenvalue weighted by molar-refractivity contribution is 0.485. The van der Waals surface area contributed by atoms with E-state index in [2.05, 4.69) is 19.3 Å². The predicted octanol–water partition coefficient (Wildman–Crippen LogP) is 4.77. The third-order valence-electron chi connectivity index (χ3n) is 1.72. The summed E-state index contributed by atoms with van der Waals surface area (Å²) >= 11 is 0. The molecule has 1 aromatic rings. The van der Waals surface area contributed by atoms with Crippen LogP contribution in [0.5, 0.6) is 0 Å². The van der Waals surface area contributed by atoms with Crippen molar-refractivity contribution in [3.8, 4) is 12.3 Å². The van der Waals surface area contributed by atoms with Crippen LogP contribution in [0.1, 0.15) is 45.2 Å². The standard InChI is InChI=1S/C10H13F.C3H4.C2H6/c1-2-3-9-4-6-10(8-11)7-5-9;1-3-2;1-2/h4-7H,2-3,8H2,1H3;1H,2H3;1-2H3. The summed E-state index contributed by atoms with van der Waals surface area (Å²) in [5.74, 6) is 2.25. The van der Waals surface area contributed by atoms with Crippen molar-refractivity contribution in [3.63, 3.8) is 0 Å². The van der Waals surface area contributed by atoms with Gasteiger partial charge in [-0.3, -0.25) is 0 Å². The zero-order chi connectivity index (χ0) is 12.8. The highest BCUT2D eigenvalue weighted by Gasteiger charge is 1.91. The van der Waals surface area contributed by atoms with E-state index >= 15 is 0 Å². The molecule has 0 aliphatic rings. The average molecular weight is 222 g/mol. The third-order valence-corrected chi connectivity index (χ3v) is 1.72. The molecule has 0 saturated heterocycles. The molecule has 0 nitrogen and oxygen atoms in total. The van der Waals surface area contributed by atoms with Crippen LogP contribution in [0.15, 0.2) is 24.3 Å². The van der Waals surface area contributed by atoms with Gasteiger partial charge in [0.1, 0.15) is 6.67 Å². The molecule has 16 heavy (non-hydrogen) atoms. The summed E-state index contributed by atoms with van der Waals surface area (Å²) in [4.78, 5) is 0. The maximum atomic E-state index is 12.0. The van der Waals surface area contributed by atoms with Gasteiger partial charge in [0.25, 0.3) is 0 Å². The Labute approximate surface area is 99.9 Å². The zero-order valence-corrected chi connectivity index (χ0v) is 10.9. The fourth-order valence-electron chi connectivity index (χ4n) is 1.08. The summed E-state index contributed by atoms with van der Waals surface area (Å²) in [5, 5.41) is 0. The van der Waals surface area contributed by atoms with Crippen molar-refractivity contribution in [1.82, 2.24) is 0 Å². The molecule has 0 saturated carbocycles. The van der Waals surface area contributed by atoms with Gasteiger partial charge in [-0.15, -0.1) is 12.3 Å². The summed E-state index contributed by atoms with van der Waals surface area (Å²) in [6.45, 7) is 7.44. The van der Waals surface area contributed by atoms with Crippen LogP contribution in [0.3, 0.4) is 0 Å². The molecule has 0 unspecified atom stereocenters. The molecule has 1 heteroatoms. The van der Waals surface area contributed by atoms with Crippen molar-refractivity contribution in [2.45, 2.75) is 47.2 Å². The summed E-state index contributed by atoms with van der Waals surface area (Å²) in [6, 6.07) is 7.70. The molecule has 0 aromatic heterocycles. The summed E-state index contributed by atoms with van der Waals surface area (Å²) in [6.07, 6.45) is 6.83. The fraction of sp³-hybridized carbons (Fsp3) is 0.467. The number of aryl methyl sites for hydroxylation is 1. The normalized spacial score (nSPS) is 7.75. The van der Waals surface area contributed by atoms with Crippen molar-refractivity contribution >= 4 is 0 Å². The number of hydrogen-bond acceptors (Lipinski definition) is 0. The molecule has 90 valence electrons. The summed E-state index contributed by atoms with van der Waals surface area (Å²) in [5.41, 5.74) is 2.06. The number of halogens is 1. The van der Waals surface area contributed by atoms with E-state index in [1.807, 2.05) is 38.1 Å². The molecule has 0 bridgehead atoms. The highest BCUT2D eigenvalue weighted by atomic mass is 19.1. The second-order valence-electron chi connectivity index (χ2n) is 2.99. The molecule has 0 fully saturated rings. The summed E-state index contributed by atoms with van der Waals surface area (Å²) < 4.78 is 12.0. The Morgan fingerprint density at radius 1 is 1.12 bits per heavy atom. The topological polar surface area (TPSA) is 0 Å². The first-order chi connectivity index (χ1) is 7.78. The highest BCUT2D eigenvalue weighted by molar-refractivity contribution is 5.21.